The van der Waals surface area contributed by atoms with Gasteiger partial charge in [-0.15, -0.1) is 10.2 Å². The highest BCUT2D eigenvalue weighted by Crippen LogP contribution is 2.21. The van der Waals surface area contributed by atoms with Crippen molar-refractivity contribution >= 4 is 23.4 Å². The van der Waals surface area contributed by atoms with E-state index in [2.05, 4.69) is 26.1 Å². The number of aryl methyl sites for hydroxylation is 1. The Morgan fingerprint density at radius 2 is 1.81 bits per heavy atom. The van der Waals surface area contributed by atoms with E-state index in [4.69, 9.17) is 0 Å². The molecule has 0 aliphatic carbocycles. The number of halogens is 1. The molecular weight excluding hydrogens is 413 g/mol. The number of anilines is 1. The SMILES string of the molecule is Cn1cccc1Cc1nnc(SCC(=O)Nc2ccccc2F)n1Cc1ccccc1. The minimum Gasteiger partial charge on any atom is -0.354 e. The van der Waals surface area contributed by atoms with Gasteiger partial charge in [-0.3, -0.25) is 4.79 Å². The maximum absolute atomic E-state index is 13.8. The Bertz CT molecular complexity index is 1170. The van der Waals surface area contributed by atoms with E-state index in [0.717, 1.165) is 17.1 Å². The quantitative estimate of drug-likeness (QED) is 0.423. The number of para-hydroxylation sites is 1. The Morgan fingerprint density at radius 3 is 2.55 bits per heavy atom. The van der Waals surface area contributed by atoms with Crippen molar-refractivity contribution in [3.8, 4) is 0 Å². The topological polar surface area (TPSA) is 64.7 Å². The number of rotatable bonds is 8. The lowest BCUT2D eigenvalue weighted by Gasteiger charge is -2.11. The fraction of sp³-hybridized carbons (Fsp3) is 0.174. The molecule has 1 amide bonds. The van der Waals surface area contributed by atoms with Gasteiger partial charge in [-0.2, -0.15) is 0 Å². The highest BCUT2D eigenvalue weighted by molar-refractivity contribution is 7.99. The van der Waals surface area contributed by atoms with Crippen LogP contribution in [-0.4, -0.2) is 31.0 Å². The summed E-state index contributed by atoms with van der Waals surface area (Å²) in [6.07, 6.45) is 2.63. The number of thioether (sulfide) groups is 1. The highest BCUT2D eigenvalue weighted by Gasteiger charge is 2.16. The van der Waals surface area contributed by atoms with Crippen LogP contribution < -0.4 is 5.32 Å². The third kappa shape index (κ3) is 5.21. The first kappa shape index (κ1) is 20.9. The molecule has 0 saturated carbocycles. The maximum atomic E-state index is 13.8. The molecule has 158 valence electrons. The van der Waals surface area contributed by atoms with Gasteiger partial charge in [-0.05, 0) is 29.8 Å². The summed E-state index contributed by atoms with van der Waals surface area (Å²) >= 11 is 1.29. The van der Waals surface area contributed by atoms with E-state index in [1.165, 1.54) is 23.9 Å². The fourth-order valence-electron chi connectivity index (χ4n) is 3.20. The zero-order valence-corrected chi connectivity index (χ0v) is 17.8. The van der Waals surface area contributed by atoms with Crippen molar-refractivity contribution in [2.24, 2.45) is 7.05 Å². The van der Waals surface area contributed by atoms with Gasteiger partial charge in [0, 0.05) is 25.4 Å². The van der Waals surface area contributed by atoms with Crippen LogP contribution in [0.1, 0.15) is 17.1 Å². The van der Waals surface area contributed by atoms with Crippen molar-refractivity contribution in [2.45, 2.75) is 18.1 Å². The van der Waals surface area contributed by atoms with E-state index in [1.807, 2.05) is 54.2 Å². The molecule has 4 rings (SSSR count). The average Bonchev–Trinajstić information content (AvgIpc) is 3.35. The molecular formula is C23H22FN5OS. The Hall–Kier alpha value is -3.39. The number of carbonyl (C=O) groups excluding carboxylic acids is 1. The van der Waals surface area contributed by atoms with Crippen LogP contribution in [0.3, 0.4) is 0 Å². The molecule has 1 N–H and O–H groups in total. The predicted molar refractivity (Wildman–Crippen MR) is 120 cm³/mol. The van der Waals surface area contributed by atoms with Crippen molar-refractivity contribution in [2.75, 3.05) is 11.1 Å². The third-order valence-electron chi connectivity index (χ3n) is 4.85. The summed E-state index contributed by atoms with van der Waals surface area (Å²) in [4.78, 5) is 12.4. The summed E-state index contributed by atoms with van der Waals surface area (Å²) in [5.41, 5.74) is 2.41. The number of benzene rings is 2. The van der Waals surface area contributed by atoms with Crippen LogP contribution in [0, 0.1) is 5.82 Å². The van der Waals surface area contributed by atoms with E-state index in [-0.39, 0.29) is 17.3 Å². The van der Waals surface area contributed by atoms with Crippen LogP contribution in [0.25, 0.3) is 0 Å². The lowest BCUT2D eigenvalue weighted by Crippen LogP contribution is -2.16. The van der Waals surface area contributed by atoms with Gasteiger partial charge < -0.3 is 14.5 Å². The van der Waals surface area contributed by atoms with Crippen molar-refractivity contribution in [3.05, 3.63) is 95.8 Å². The first-order chi connectivity index (χ1) is 15.1. The first-order valence-corrected chi connectivity index (χ1v) is 10.8. The lowest BCUT2D eigenvalue weighted by molar-refractivity contribution is -0.113. The van der Waals surface area contributed by atoms with E-state index >= 15 is 0 Å². The molecule has 6 nitrogen and oxygen atoms in total. The number of nitrogens with zero attached hydrogens (tertiary/aromatic N) is 4. The molecule has 2 aromatic heterocycles. The first-order valence-electron chi connectivity index (χ1n) is 9.83. The highest BCUT2D eigenvalue weighted by atomic mass is 32.2. The number of amides is 1. The Morgan fingerprint density at radius 1 is 1.03 bits per heavy atom. The number of hydrogen-bond donors (Lipinski definition) is 1. The Labute approximate surface area is 184 Å². The van der Waals surface area contributed by atoms with Crippen molar-refractivity contribution in [1.82, 2.24) is 19.3 Å². The van der Waals surface area contributed by atoms with Gasteiger partial charge in [-0.1, -0.05) is 54.2 Å². The summed E-state index contributed by atoms with van der Waals surface area (Å²) in [7, 11) is 2.00. The molecule has 0 fully saturated rings. The van der Waals surface area contributed by atoms with Crippen molar-refractivity contribution in [3.63, 3.8) is 0 Å². The molecule has 8 heteroatoms. The number of hydrogen-bond acceptors (Lipinski definition) is 4. The van der Waals surface area contributed by atoms with Crippen LogP contribution in [0.4, 0.5) is 10.1 Å². The monoisotopic (exact) mass is 435 g/mol. The molecule has 31 heavy (non-hydrogen) atoms. The Balaban J connectivity index is 1.51. The van der Waals surface area contributed by atoms with E-state index in [9.17, 15) is 9.18 Å². The molecule has 0 atom stereocenters. The molecule has 2 heterocycles. The molecule has 0 radical (unpaired) electrons. The summed E-state index contributed by atoms with van der Waals surface area (Å²) < 4.78 is 17.9. The zero-order valence-electron chi connectivity index (χ0n) is 17.0. The zero-order chi connectivity index (χ0) is 21.6. The third-order valence-corrected chi connectivity index (χ3v) is 5.81. The Kier molecular flexibility index (Phi) is 6.47. The second-order valence-electron chi connectivity index (χ2n) is 7.07. The van der Waals surface area contributed by atoms with Gasteiger partial charge in [0.25, 0.3) is 0 Å². The molecule has 0 unspecified atom stereocenters. The normalized spacial score (nSPS) is 10.9. The summed E-state index contributed by atoms with van der Waals surface area (Å²) in [6, 6.07) is 20.2. The van der Waals surface area contributed by atoms with E-state index in [0.29, 0.717) is 18.1 Å². The largest absolute Gasteiger partial charge is 0.354 e. The standard InChI is InChI=1S/C23H22FN5OS/c1-28-13-7-10-18(28)14-21-26-27-23(29(21)15-17-8-3-2-4-9-17)31-16-22(30)25-20-12-6-5-11-19(20)24/h2-13H,14-16H2,1H3,(H,25,30). The predicted octanol–water partition coefficient (Wildman–Crippen LogP) is 4.13. The van der Waals surface area contributed by atoms with Crippen LogP contribution in [0.2, 0.25) is 0 Å². The summed E-state index contributed by atoms with van der Waals surface area (Å²) in [5, 5.41) is 12.0. The second-order valence-corrected chi connectivity index (χ2v) is 8.02. The van der Waals surface area contributed by atoms with Crippen molar-refractivity contribution < 1.29 is 9.18 Å². The minimum atomic E-state index is -0.460. The summed E-state index contributed by atoms with van der Waals surface area (Å²) in [5.74, 6) is 0.166. The van der Waals surface area contributed by atoms with Gasteiger partial charge in [0.05, 0.1) is 18.0 Å². The second kappa shape index (κ2) is 9.61. The van der Waals surface area contributed by atoms with E-state index < -0.39 is 5.82 Å². The van der Waals surface area contributed by atoms with Crippen LogP contribution in [0.15, 0.2) is 78.1 Å². The average molecular weight is 436 g/mol. The maximum Gasteiger partial charge on any atom is 0.234 e. The number of nitrogens with one attached hydrogen (secondary N) is 1. The van der Waals surface area contributed by atoms with Gasteiger partial charge in [0.2, 0.25) is 5.91 Å². The smallest absolute Gasteiger partial charge is 0.234 e. The molecule has 0 aliphatic rings. The molecule has 0 aliphatic heterocycles. The molecule has 0 bridgehead atoms. The van der Waals surface area contributed by atoms with E-state index in [1.54, 1.807) is 12.1 Å². The molecule has 2 aromatic carbocycles. The number of carbonyl (C=O) groups is 1. The van der Waals surface area contributed by atoms with Crippen LogP contribution in [-0.2, 0) is 24.8 Å². The molecule has 0 spiro atoms. The lowest BCUT2D eigenvalue weighted by atomic mass is 10.2. The van der Waals surface area contributed by atoms with Gasteiger partial charge in [-0.25, -0.2) is 4.39 Å². The number of aromatic nitrogens is 4. The molecule has 4 aromatic rings. The van der Waals surface area contributed by atoms with Gasteiger partial charge in [0.15, 0.2) is 5.16 Å². The van der Waals surface area contributed by atoms with Crippen LogP contribution in [0.5, 0.6) is 0 Å². The molecule has 0 saturated heterocycles. The summed E-state index contributed by atoms with van der Waals surface area (Å²) in [6.45, 7) is 0.602. The van der Waals surface area contributed by atoms with Gasteiger partial charge in [0.1, 0.15) is 11.6 Å². The minimum absolute atomic E-state index is 0.103. The van der Waals surface area contributed by atoms with Gasteiger partial charge >= 0.3 is 0 Å². The van der Waals surface area contributed by atoms with Crippen LogP contribution >= 0.6 is 11.8 Å². The fourth-order valence-corrected chi connectivity index (χ4v) is 3.96. The van der Waals surface area contributed by atoms with Crippen molar-refractivity contribution in [1.29, 1.82) is 0 Å².